The predicted molar refractivity (Wildman–Crippen MR) is 70.2 cm³/mol. The van der Waals surface area contributed by atoms with Crippen molar-refractivity contribution >= 4 is 17.7 Å². The molecule has 1 aliphatic rings. The Morgan fingerprint density at radius 3 is 2.20 bits per heavy atom. The summed E-state index contributed by atoms with van der Waals surface area (Å²) in [5.41, 5.74) is 0.701. The maximum atomic E-state index is 12.0. The largest absolute Gasteiger partial charge is 0.481 e. The Hall–Kier alpha value is -2.17. The van der Waals surface area contributed by atoms with Crippen molar-refractivity contribution in [1.29, 1.82) is 0 Å². The normalized spacial score (nSPS) is 29.9. The molecule has 0 spiro atoms. The molecule has 0 unspecified atom stereocenters. The fraction of sp³-hybridized carbons (Fsp3) is 0.400. The van der Waals surface area contributed by atoms with Gasteiger partial charge in [0, 0.05) is 18.3 Å². The van der Waals surface area contributed by atoms with E-state index in [1.807, 2.05) is 0 Å². The van der Waals surface area contributed by atoms with Crippen LogP contribution in [-0.4, -0.2) is 27.9 Å². The molecule has 20 heavy (non-hydrogen) atoms. The van der Waals surface area contributed by atoms with Gasteiger partial charge in [-0.2, -0.15) is 0 Å². The van der Waals surface area contributed by atoms with Crippen LogP contribution >= 0.6 is 0 Å². The summed E-state index contributed by atoms with van der Waals surface area (Å²) in [6, 6.07) is 8.80. The first-order chi connectivity index (χ1) is 9.43. The lowest BCUT2D eigenvalue weighted by Gasteiger charge is -2.37. The lowest BCUT2D eigenvalue weighted by molar-refractivity contribution is -0.160. The van der Waals surface area contributed by atoms with E-state index in [9.17, 15) is 24.6 Å². The number of aliphatic carboxylic acids is 2. The van der Waals surface area contributed by atoms with Crippen molar-refractivity contribution in [2.45, 2.75) is 19.3 Å². The molecule has 4 atom stereocenters. The van der Waals surface area contributed by atoms with E-state index in [0.29, 0.717) is 5.56 Å². The van der Waals surface area contributed by atoms with Gasteiger partial charge >= 0.3 is 11.9 Å². The molecule has 0 heterocycles. The molecule has 1 aromatic carbocycles. The summed E-state index contributed by atoms with van der Waals surface area (Å²) >= 11 is 0. The number of benzene rings is 1. The predicted octanol–water partition coefficient (Wildman–Crippen LogP) is 1.78. The molecule has 0 radical (unpaired) electrons. The molecule has 1 aromatic rings. The highest BCUT2D eigenvalue weighted by atomic mass is 16.4. The molecule has 0 aromatic heterocycles. The number of Topliss-reactive ketones (excluding diaryl/α,β-unsaturated/α-hetero) is 1. The van der Waals surface area contributed by atoms with Gasteiger partial charge < -0.3 is 10.2 Å². The minimum absolute atomic E-state index is 0.191. The van der Waals surface area contributed by atoms with Crippen LogP contribution in [-0.2, 0) is 14.4 Å². The number of hydrogen-bond donors (Lipinski definition) is 2. The van der Waals surface area contributed by atoms with E-state index in [1.54, 1.807) is 37.3 Å². The third-order valence-electron chi connectivity index (χ3n) is 4.07. The van der Waals surface area contributed by atoms with Gasteiger partial charge in [-0.3, -0.25) is 14.4 Å². The van der Waals surface area contributed by atoms with Crippen molar-refractivity contribution in [3.63, 3.8) is 0 Å². The molecule has 106 valence electrons. The highest BCUT2D eigenvalue weighted by Crippen LogP contribution is 2.43. The first-order valence-electron chi connectivity index (χ1n) is 6.46. The van der Waals surface area contributed by atoms with E-state index in [1.165, 1.54) is 0 Å². The second kappa shape index (κ2) is 5.45. The van der Waals surface area contributed by atoms with Crippen molar-refractivity contribution in [2.24, 2.45) is 17.8 Å². The summed E-state index contributed by atoms with van der Waals surface area (Å²) in [4.78, 5) is 34.8. The van der Waals surface area contributed by atoms with E-state index in [4.69, 9.17) is 0 Å². The average molecular weight is 276 g/mol. The topological polar surface area (TPSA) is 91.7 Å². The van der Waals surface area contributed by atoms with Crippen molar-refractivity contribution in [3.05, 3.63) is 35.9 Å². The molecule has 0 bridgehead atoms. The van der Waals surface area contributed by atoms with Crippen molar-refractivity contribution in [3.8, 4) is 0 Å². The minimum Gasteiger partial charge on any atom is -0.481 e. The summed E-state index contributed by atoms with van der Waals surface area (Å²) in [5.74, 6) is -5.91. The number of carbonyl (C=O) groups excluding carboxylic acids is 1. The van der Waals surface area contributed by atoms with Gasteiger partial charge in [-0.25, -0.2) is 0 Å². The SMILES string of the molecule is C[C@H]1C(=O)C[C@@H](C(=O)O)[C@@H](C(=O)O)[C@@H]1c1ccccc1. The maximum Gasteiger partial charge on any atom is 0.308 e. The van der Waals surface area contributed by atoms with Crippen LogP contribution in [0.1, 0.15) is 24.8 Å². The van der Waals surface area contributed by atoms with Crippen molar-refractivity contribution < 1.29 is 24.6 Å². The quantitative estimate of drug-likeness (QED) is 0.878. The molecule has 0 aliphatic heterocycles. The molecule has 0 amide bonds. The van der Waals surface area contributed by atoms with E-state index in [2.05, 4.69) is 0 Å². The van der Waals surface area contributed by atoms with Gasteiger partial charge in [0.2, 0.25) is 0 Å². The molecular formula is C15H16O5. The van der Waals surface area contributed by atoms with Crippen LogP contribution in [0.3, 0.4) is 0 Å². The smallest absolute Gasteiger partial charge is 0.308 e. The van der Waals surface area contributed by atoms with Crippen LogP contribution in [0, 0.1) is 17.8 Å². The molecule has 1 saturated carbocycles. The number of carboxylic acids is 2. The second-order valence-corrected chi connectivity index (χ2v) is 5.20. The van der Waals surface area contributed by atoms with Crippen LogP contribution in [0.2, 0.25) is 0 Å². The Bertz CT molecular complexity index is 536. The Morgan fingerprint density at radius 2 is 1.70 bits per heavy atom. The number of ketones is 1. The van der Waals surface area contributed by atoms with E-state index >= 15 is 0 Å². The standard InChI is InChI=1S/C15H16O5/c1-8-11(16)7-10(14(17)18)13(15(19)20)12(8)9-5-3-2-4-6-9/h2-6,8,10,12-13H,7H2,1H3,(H,17,18)(H,19,20)/t8-,10+,12-,13+/m0/s1. The lowest BCUT2D eigenvalue weighted by Crippen LogP contribution is -2.44. The summed E-state index contributed by atoms with van der Waals surface area (Å²) in [6.45, 7) is 1.67. The summed E-state index contributed by atoms with van der Waals surface area (Å²) in [7, 11) is 0. The third-order valence-corrected chi connectivity index (χ3v) is 4.07. The van der Waals surface area contributed by atoms with Gasteiger partial charge in [0.05, 0.1) is 11.8 Å². The summed E-state index contributed by atoms with van der Waals surface area (Å²) < 4.78 is 0. The van der Waals surface area contributed by atoms with E-state index in [0.717, 1.165) is 0 Å². The maximum absolute atomic E-state index is 12.0. The number of carboxylic acid groups (broad SMARTS) is 2. The summed E-state index contributed by atoms with van der Waals surface area (Å²) in [5, 5.41) is 18.6. The molecule has 5 heteroatoms. The summed E-state index contributed by atoms with van der Waals surface area (Å²) in [6.07, 6.45) is -0.212. The molecular weight excluding hydrogens is 260 g/mol. The number of rotatable bonds is 3. The van der Waals surface area contributed by atoms with Crippen molar-refractivity contribution in [1.82, 2.24) is 0 Å². The van der Waals surface area contributed by atoms with Crippen LogP contribution in [0.5, 0.6) is 0 Å². The van der Waals surface area contributed by atoms with Gasteiger partial charge in [-0.1, -0.05) is 37.3 Å². The van der Waals surface area contributed by atoms with Gasteiger partial charge in [0.25, 0.3) is 0 Å². The first-order valence-corrected chi connectivity index (χ1v) is 6.46. The Balaban J connectivity index is 2.50. The van der Waals surface area contributed by atoms with Crippen LogP contribution in [0.25, 0.3) is 0 Å². The van der Waals surface area contributed by atoms with Gasteiger partial charge in [-0.15, -0.1) is 0 Å². The van der Waals surface area contributed by atoms with Crippen LogP contribution in [0.4, 0.5) is 0 Å². The second-order valence-electron chi connectivity index (χ2n) is 5.20. The molecule has 0 saturated heterocycles. The zero-order valence-corrected chi connectivity index (χ0v) is 11.0. The fourth-order valence-corrected chi connectivity index (χ4v) is 3.03. The van der Waals surface area contributed by atoms with E-state index < -0.39 is 35.6 Å². The molecule has 2 N–H and O–H groups in total. The molecule has 1 fully saturated rings. The average Bonchev–Trinajstić information content (AvgIpc) is 2.41. The van der Waals surface area contributed by atoms with E-state index in [-0.39, 0.29) is 12.2 Å². The molecule has 1 aliphatic carbocycles. The fourth-order valence-electron chi connectivity index (χ4n) is 3.03. The van der Waals surface area contributed by atoms with Gasteiger partial charge in [0.1, 0.15) is 5.78 Å². The molecule has 5 nitrogen and oxygen atoms in total. The third kappa shape index (κ3) is 2.43. The van der Waals surface area contributed by atoms with Gasteiger partial charge in [0.15, 0.2) is 0 Å². The zero-order chi connectivity index (χ0) is 14.9. The number of hydrogen-bond acceptors (Lipinski definition) is 3. The van der Waals surface area contributed by atoms with Crippen molar-refractivity contribution in [2.75, 3.05) is 0 Å². The lowest BCUT2D eigenvalue weighted by atomic mass is 9.64. The Morgan fingerprint density at radius 1 is 1.10 bits per heavy atom. The van der Waals surface area contributed by atoms with Crippen LogP contribution < -0.4 is 0 Å². The zero-order valence-electron chi connectivity index (χ0n) is 11.0. The monoisotopic (exact) mass is 276 g/mol. The molecule has 2 rings (SSSR count). The first kappa shape index (κ1) is 14.2. The number of carbonyl (C=O) groups is 3. The Kier molecular flexibility index (Phi) is 3.88. The minimum atomic E-state index is -1.22. The van der Waals surface area contributed by atoms with Gasteiger partial charge in [-0.05, 0) is 5.56 Å². The Labute approximate surface area is 116 Å². The highest BCUT2D eigenvalue weighted by Gasteiger charge is 2.49. The highest BCUT2D eigenvalue weighted by molar-refractivity contribution is 5.92. The van der Waals surface area contributed by atoms with Crippen LogP contribution in [0.15, 0.2) is 30.3 Å².